The van der Waals surface area contributed by atoms with Gasteiger partial charge in [-0.15, -0.1) is 17.3 Å². The Morgan fingerprint density at radius 3 is 2.24 bits per heavy atom. The van der Waals surface area contributed by atoms with Crippen LogP contribution >= 0.6 is 11.6 Å². The topological polar surface area (TPSA) is 23.5 Å². The standard InChI is InChI=1S/C35H60ClNO/c1-6-11-12-15-20-30(9-4)22-18-25-33-32(34(36)29-35(33)38)24-17-14-13-16-21-31(10-5)23-19-28-37(26-7-2)27-8-3/h9,14,17-18,22,32-35,38H,5-8,11-13,15-16,19-21,23-29H2,1-4H3/b17-14-,22-18-,30-9-. The van der Waals surface area contributed by atoms with Gasteiger partial charge in [-0.05, 0) is 121 Å². The maximum Gasteiger partial charge on any atom is 0.0588 e. The molecule has 1 saturated carbocycles. The van der Waals surface area contributed by atoms with Gasteiger partial charge in [0.15, 0.2) is 0 Å². The molecule has 38 heavy (non-hydrogen) atoms. The Balaban J connectivity index is 2.40. The summed E-state index contributed by atoms with van der Waals surface area (Å²) < 4.78 is 0. The monoisotopic (exact) mass is 545 g/mol. The van der Waals surface area contributed by atoms with Gasteiger partial charge in [-0.2, -0.15) is 0 Å². The zero-order chi connectivity index (χ0) is 28.0. The molecular formula is C35H60ClNO. The lowest BCUT2D eigenvalue weighted by molar-refractivity contribution is 0.119. The van der Waals surface area contributed by atoms with Gasteiger partial charge in [0, 0.05) is 5.38 Å². The van der Waals surface area contributed by atoms with Gasteiger partial charge in [-0.1, -0.05) is 82.6 Å². The first kappa shape index (κ1) is 35.0. The van der Waals surface area contributed by atoms with E-state index in [1.807, 2.05) is 0 Å². The molecule has 1 aliphatic rings. The average Bonchev–Trinajstić information content (AvgIpc) is 3.18. The van der Waals surface area contributed by atoms with E-state index >= 15 is 0 Å². The molecule has 1 N–H and O–H groups in total. The average molecular weight is 546 g/mol. The van der Waals surface area contributed by atoms with Crippen molar-refractivity contribution in [3.63, 3.8) is 0 Å². The van der Waals surface area contributed by atoms with E-state index in [1.54, 1.807) is 0 Å². The first-order valence-electron chi connectivity index (χ1n) is 15.9. The molecule has 3 heteroatoms. The third kappa shape index (κ3) is 14.9. The molecule has 4 atom stereocenters. The normalized spacial score (nSPS) is 22.2. The molecule has 4 unspecified atom stereocenters. The van der Waals surface area contributed by atoms with Crippen molar-refractivity contribution >= 4 is 11.6 Å². The summed E-state index contributed by atoms with van der Waals surface area (Å²) in [6.45, 7) is 16.5. The molecule has 1 fully saturated rings. The zero-order valence-electron chi connectivity index (χ0n) is 25.4. The van der Waals surface area contributed by atoms with E-state index in [9.17, 15) is 5.11 Å². The van der Waals surface area contributed by atoms with E-state index in [4.69, 9.17) is 11.6 Å². The molecular weight excluding hydrogens is 486 g/mol. The van der Waals surface area contributed by atoms with Crippen molar-refractivity contribution in [2.75, 3.05) is 19.6 Å². The lowest BCUT2D eigenvalue weighted by Gasteiger charge is -2.21. The minimum atomic E-state index is -0.287. The molecule has 1 aliphatic carbocycles. The molecule has 0 bridgehead atoms. The first-order chi connectivity index (χ1) is 18.5. The highest BCUT2D eigenvalue weighted by Crippen LogP contribution is 2.40. The summed E-state index contributed by atoms with van der Waals surface area (Å²) in [6, 6.07) is 0. The number of aliphatic hydroxyl groups excluding tert-OH is 1. The number of halogens is 1. The number of rotatable bonds is 22. The third-order valence-electron chi connectivity index (χ3n) is 8.11. The number of allylic oxidation sites excluding steroid dienone is 7. The van der Waals surface area contributed by atoms with E-state index in [0.29, 0.717) is 12.3 Å². The lowest BCUT2D eigenvalue weighted by atomic mass is 9.88. The fourth-order valence-electron chi connectivity index (χ4n) is 5.83. The molecule has 0 heterocycles. The van der Waals surface area contributed by atoms with Crippen LogP contribution in [0, 0.1) is 11.8 Å². The Kier molecular flexibility index (Phi) is 20.9. The van der Waals surface area contributed by atoms with Crippen molar-refractivity contribution in [2.24, 2.45) is 11.8 Å². The molecule has 0 aromatic heterocycles. The van der Waals surface area contributed by atoms with E-state index < -0.39 is 0 Å². The predicted octanol–water partition coefficient (Wildman–Crippen LogP) is 10.2. The molecule has 1 rings (SSSR count). The smallest absolute Gasteiger partial charge is 0.0588 e. The van der Waals surface area contributed by atoms with Crippen molar-refractivity contribution < 1.29 is 5.11 Å². The minimum absolute atomic E-state index is 0.0681. The second kappa shape index (κ2) is 22.7. The van der Waals surface area contributed by atoms with Crippen LogP contribution in [0.25, 0.3) is 0 Å². The largest absolute Gasteiger partial charge is 0.393 e. The highest BCUT2D eigenvalue weighted by atomic mass is 35.5. The second-order valence-corrected chi connectivity index (χ2v) is 11.8. The van der Waals surface area contributed by atoms with Crippen LogP contribution in [0.1, 0.15) is 124 Å². The van der Waals surface area contributed by atoms with Crippen LogP contribution in [0.4, 0.5) is 0 Å². The Morgan fingerprint density at radius 1 is 0.868 bits per heavy atom. The molecule has 0 saturated heterocycles. The number of alkyl halides is 1. The zero-order valence-corrected chi connectivity index (χ0v) is 26.2. The van der Waals surface area contributed by atoms with Gasteiger partial charge in [0.1, 0.15) is 0 Å². The Hall–Kier alpha value is -1.05. The Bertz CT molecular complexity index is 726. The summed E-state index contributed by atoms with van der Waals surface area (Å²) in [6.07, 6.45) is 28.2. The molecule has 0 aromatic carbocycles. The van der Waals surface area contributed by atoms with Crippen LogP contribution < -0.4 is 0 Å². The summed E-state index contributed by atoms with van der Waals surface area (Å²) in [4.78, 5) is 2.59. The summed E-state index contributed by atoms with van der Waals surface area (Å²) in [5.74, 6) is 0.607. The maximum atomic E-state index is 10.7. The number of unbranched alkanes of at least 4 members (excludes halogenated alkanes) is 4. The van der Waals surface area contributed by atoms with Crippen LogP contribution in [0.2, 0.25) is 0 Å². The predicted molar refractivity (Wildman–Crippen MR) is 170 cm³/mol. The maximum absolute atomic E-state index is 10.7. The van der Waals surface area contributed by atoms with Gasteiger partial charge in [0.2, 0.25) is 0 Å². The third-order valence-corrected chi connectivity index (χ3v) is 8.61. The molecule has 0 radical (unpaired) electrons. The van der Waals surface area contributed by atoms with Crippen LogP contribution in [0.5, 0.6) is 0 Å². The van der Waals surface area contributed by atoms with Gasteiger partial charge in [0.05, 0.1) is 6.10 Å². The summed E-state index contributed by atoms with van der Waals surface area (Å²) >= 11 is 6.69. The Morgan fingerprint density at radius 2 is 1.58 bits per heavy atom. The van der Waals surface area contributed by atoms with E-state index in [0.717, 1.165) is 44.9 Å². The Labute approximate surface area is 242 Å². The molecule has 0 aromatic rings. The van der Waals surface area contributed by atoms with E-state index in [2.05, 4.69) is 75.3 Å². The van der Waals surface area contributed by atoms with Crippen LogP contribution in [0.3, 0.4) is 0 Å². The quantitative estimate of drug-likeness (QED) is 0.0480. The number of aliphatic hydroxyl groups is 1. The molecule has 0 aliphatic heterocycles. The number of nitrogens with zero attached hydrogens (tertiary/aromatic N) is 1. The van der Waals surface area contributed by atoms with Gasteiger partial charge >= 0.3 is 0 Å². The number of hydrogen-bond acceptors (Lipinski definition) is 2. The van der Waals surface area contributed by atoms with Crippen LogP contribution in [-0.4, -0.2) is 41.1 Å². The van der Waals surface area contributed by atoms with Crippen molar-refractivity contribution in [1.82, 2.24) is 4.90 Å². The fourth-order valence-corrected chi connectivity index (χ4v) is 6.31. The highest BCUT2D eigenvalue weighted by Gasteiger charge is 2.39. The lowest BCUT2D eigenvalue weighted by Crippen LogP contribution is -2.26. The minimum Gasteiger partial charge on any atom is -0.393 e. The molecule has 2 nitrogen and oxygen atoms in total. The van der Waals surface area contributed by atoms with Gasteiger partial charge in [-0.25, -0.2) is 0 Å². The SMILES string of the molecule is C=C=C(CCC/C=C\CC1C(Cl)CC(O)C1C/C=C\C(=C/C)CCCCCC)CCCN(CCC)CCC. The highest BCUT2D eigenvalue weighted by molar-refractivity contribution is 6.21. The number of hydrogen-bond donors (Lipinski definition) is 1. The van der Waals surface area contributed by atoms with Crippen LogP contribution in [0.15, 0.2) is 53.8 Å². The van der Waals surface area contributed by atoms with Crippen molar-refractivity contribution in [2.45, 2.75) is 135 Å². The van der Waals surface area contributed by atoms with Crippen molar-refractivity contribution in [3.8, 4) is 0 Å². The van der Waals surface area contributed by atoms with Gasteiger partial charge in [0.25, 0.3) is 0 Å². The van der Waals surface area contributed by atoms with Crippen LogP contribution in [-0.2, 0) is 0 Å². The van der Waals surface area contributed by atoms with E-state index in [1.165, 1.54) is 75.7 Å². The van der Waals surface area contributed by atoms with E-state index in [-0.39, 0.29) is 17.4 Å². The van der Waals surface area contributed by atoms with Gasteiger partial charge < -0.3 is 10.0 Å². The van der Waals surface area contributed by atoms with Crippen molar-refractivity contribution in [3.05, 3.63) is 53.8 Å². The molecule has 0 spiro atoms. The summed E-state index contributed by atoms with van der Waals surface area (Å²) in [5.41, 5.74) is 6.00. The summed E-state index contributed by atoms with van der Waals surface area (Å²) in [5, 5.41) is 10.7. The summed E-state index contributed by atoms with van der Waals surface area (Å²) in [7, 11) is 0. The van der Waals surface area contributed by atoms with Crippen molar-refractivity contribution in [1.29, 1.82) is 0 Å². The molecule has 218 valence electrons. The fraction of sp³-hybridized carbons (Fsp3) is 0.743. The first-order valence-corrected chi connectivity index (χ1v) is 16.3. The molecule has 0 amide bonds. The van der Waals surface area contributed by atoms with Gasteiger partial charge in [-0.3, -0.25) is 0 Å². The second-order valence-electron chi connectivity index (χ2n) is 11.3.